The molecule has 0 unspecified atom stereocenters. The molecule has 8 heteroatoms. The number of furan rings is 1. The predicted molar refractivity (Wildman–Crippen MR) is 110 cm³/mol. The Morgan fingerprint density at radius 1 is 1.33 bits per heavy atom. The number of carbonyl (C=O) groups is 3. The lowest BCUT2D eigenvalue weighted by atomic mass is 9.96. The van der Waals surface area contributed by atoms with Crippen molar-refractivity contribution in [3.63, 3.8) is 0 Å². The molecule has 30 heavy (non-hydrogen) atoms. The van der Waals surface area contributed by atoms with Gasteiger partial charge in [-0.2, -0.15) is 0 Å². The quantitative estimate of drug-likeness (QED) is 0.677. The Bertz CT molecular complexity index is 900. The number of likely N-dealkylation sites (tertiary alicyclic amines) is 1. The van der Waals surface area contributed by atoms with Gasteiger partial charge < -0.3 is 24.4 Å². The Hall–Kier alpha value is -3.03. The molecule has 0 radical (unpaired) electrons. The maximum absolute atomic E-state index is 13.1. The van der Waals surface area contributed by atoms with Gasteiger partial charge in [0.2, 0.25) is 5.91 Å². The van der Waals surface area contributed by atoms with Crippen LogP contribution in [0.25, 0.3) is 0 Å². The van der Waals surface area contributed by atoms with Crippen LogP contribution in [0.1, 0.15) is 57.6 Å². The maximum atomic E-state index is 13.1. The first-order valence-corrected chi connectivity index (χ1v) is 10.4. The molecule has 2 aromatic rings. The molecule has 0 bridgehead atoms. The SMILES string of the molecule is CCOC(=O)c1c(C)[nH]c(C(=O)N2CCC[C@@H](C(=O)NCCc3ccco3)C2)c1C. The Kier molecular flexibility index (Phi) is 6.97. The molecule has 1 aliphatic rings. The average molecular weight is 415 g/mol. The van der Waals surface area contributed by atoms with Crippen molar-refractivity contribution in [2.75, 3.05) is 26.2 Å². The topological polar surface area (TPSA) is 105 Å². The summed E-state index contributed by atoms with van der Waals surface area (Å²) in [6, 6.07) is 3.69. The Labute approximate surface area is 176 Å². The van der Waals surface area contributed by atoms with E-state index in [2.05, 4.69) is 10.3 Å². The van der Waals surface area contributed by atoms with Gasteiger partial charge in [-0.05, 0) is 51.3 Å². The van der Waals surface area contributed by atoms with Crippen LogP contribution in [0.15, 0.2) is 22.8 Å². The van der Waals surface area contributed by atoms with Gasteiger partial charge in [-0.15, -0.1) is 0 Å². The minimum absolute atomic E-state index is 0.0503. The monoisotopic (exact) mass is 415 g/mol. The number of amides is 2. The standard InChI is InChI=1S/C22H29N3O5/c1-4-29-22(28)18-14(2)19(24-15(18)3)21(27)25-11-5-7-16(13-25)20(26)23-10-9-17-8-6-12-30-17/h6,8,12,16,24H,4-5,7,9-11,13H2,1-3H3,(H,23,26)/t16-/m1/s1. The predicted octanol–water partition coefficient (Wildman–Crippen LogP) is 2.61. The van der Waals surface area contributed by atoms with Crippen LogP contribution in [0.4, 0.5) is 0 Å². The lowest BCUT2D eigenvalue weighted by molar-refractivity contribution is -0.126. The van der Waals surface area contributed by atoms with Crippen LogP contribution >= 0.6 is 0 Å². The van der Waals surface area contributed by atoms with Gasteiger partial charge in [-0.3, -0.25) is 9.59 Å². The number of aryl methyl sites for hydroxylation is 1. The summed E-state index contributed by atoms with van der Waals surface area (Å²) < 4.78 is 10.4. The highest BCUT2D eigenvalue weighted by molar-refractivity contribution is 6.00. The average Bonchev–Trinajstić information content (AvgIpc) is 3.35. The minimum Gasteiger partial charge on any atom is -0.469 e. The van der Waals surface area contributed by atoms with Crippen molar-refractivity contribution in [1.29, 1.82) is 0 Å². The first-order chi connectivity index (χ1) is 14.4. The second-order valence-corrected chi connectivity index (χ2v) is 7.56. The number of H-pyrrole nitrogens is 1. The molecule has 0 aromatic carbocycles. The summed E-state index contributed by atoms with van der Waals surface area (Å²) >= 11 is 0. The van der Waals surface area contributed by atoms with Gasteiger partial charge in [0.25, 0.3) is 5.91 Å². The zero-order valence-electron chi connectivity index (χ0n) is 17.7. The minimum atomic E-state index is -0.435. The van der Waals surface area contributed by atoms with Crippen LogP contribution < -0.4 is 5.32 Å². The van der Waals surface area contributed by atoms with Gasteiger partial charge in [0.1, 0.15) is 11.5 Å². The summed E-state index contributed by atoms with van der Waals surface area (Å²) in [6.07, 6.45) is 3.74. The van der Waals surface area contributed by atoms with Crippen molar-refractivity contribution in [3.8, 4) is 0 Å². The van der Waals surface area contributed by atoms with E-state index in [1.165, 1.54) is 0 Å². The Morgan fingerprint density at radius 2 is 2.13 bits per heavy atom. The number of ether oxygens (including phenoxy) is 1. The van der Waals surface area contributed by atoms with Gasteiger partial charge >= 0.3 is 5.97 Å². The highest BCUT2D eigenvalue weighted by Crippen LogP contribution is 2.23. The molecule has 3 rings (SSSR count). The number of aromatic nitrogens is 1. The number of nitrogens with one attached hydrogen (secondary N) is 2. The second kappa shape index (κ2) is 9.65. The van der Waals surface area contributed by atoms with Crippen LogP contribution in [0.3, 0.4) is 0 Å². The van der Waals surface area contributed by atoms with Crippen molar-refractivity contribution < 1.29 is 23.5 Å². The number of carbonyl (C=O) groups excluding carboxylic acids is 3. The molecule has 162 valence electrons. The van der Waals surface area contributed by atoms with E-state index in [1.807, 2.05) is 12.1 Å². The molecule has 0 spiro atoms. The van der Waals surface area contributed by atoms with E-state index in [-0.39, 0.29) is 24.3 Å². The largest absolute Gasteiger partial charge is 0.469 e. The highest BCUT2D eigenvalue weighted by atomic mass is 16.5. The zero-order chi connectivity index (χ0) is 21.7. The molecule has 8 nitrogen and oxygen atoms in total. The first kappa shape index (κ1) is 21.7. The molecule has 2 N–H and O–H groups in total. The number of nitrogens with zero attached hydrogens (tertiary/aromatic N) is 1. The molecular weight excluding hydrogens is 386 g/mol. The summed E-state index contributed by atoms with van der Waals surface area (Å²) in [6.45, 7) is 6.95. The molecule has 2 amide bonds. The van der Waals surface area contributed by atoms with Crippen molar-refractivity contribution in [3.05, 3.63) is 46.7 Å². The summed E-state index contributed by atoms with van der Waals surface area (Å²) in [7, 11) is 0. The highest BCUT2D eigenvalue weighted by Gasteiger charge is 2.31. The number of hydrogen-bond acceptors (Lipinski definition) is 5. The summed E-state index contributed by atoms with van der Waals surface area (Å²) in [5.74, 6) is -0.105. The fourth-order valence-electron chi connectivity index (χ4n) is 3.92. The number of piperidine rings is 1. The molecule has 3 heterocycles. The summed E-state index contributed by atoms with van der Waals surface area (Å²) in [4.78, 5) is 42.6. The summed E-state index contributed by atoms with van der Waals surface area (Å²) in [5, 5.41) is 2.94. The van der Waals surface area contributed by atoms with Crippen LogP contribution in [0, 0.1) is 19.8 Å². The fraction of sp³-hybridized carbons (Fsp3) is 0.500. The molecule has 2 aromatic heterocycles. The smallest absolute Gasteiger partial charge is 0.340 e. The van der Waals surface area contributed by atoms with E-state index in [0.717, 1.165) is 18.6 Å². The molecule has 0 saturated carbocycles. The van der Waals surface area contributed by atoms with E-state index < -0.39 is 5.97 Å². The lowest BCUT2D eigenvalue weighted by Gasteiger charge is -2.32. The molecule has 1 fully saturated rings. The molecule has 1 atom stereocenters. The van der Waals surface area contributed by atoms with Gasteiger partial charge in [-0.1, -0.05) is 0 Å². The second-order valence-electron chi connectivity index (χ2n) is 7.56. The zero-order valence-corrected chi connectivity index (χ0v) is 17.7. The third kappa shape index (κ3) is 4.75. The first-order valence-electron chi connectivity index (χ1n) is 10.4. The van der Waals surface area contributed by atoms with Crippen LogP contribution in [-0.2, 0) is 16.0 Å². The van der Waals surface area contributed by atoms with E-state index in [4.69, 9.17) is 9.15 Å². The number of rotatable bonds is 7. The summed E-state index contributed by atoms with van der Waals surface area (Å²) in [5.41, 5.74) is 1.98. The molecular formula is C22H29N3O5. The van der Waals surface area contributed by atoms with Crippen LogP contribution in [0.2, 0.25) is 0 Å². The van der Waals surface area contributed by atoms with Crippen LogP contribution in [-0.4, -0.2) is 53.9 Å². The molecule has 0 aliphatic carbocycles. The van der Waals surface area contributed by atoms with Gasteiger partial charge in [-0.25, -0.2) is 4.79 Å². The Morgan fingerprint density at radius 3 is 2.83 bits per heavy atom. The van der Waals surface area contributed by atoms with Gasteiger partial charge in [0.15, 0.2) is 0 Å². The molecule has 1 aliphatic heterocycles. The lowest BCUT2D eigenvalue weighted by Crippen LogP contribution is -2.46. The Balaban J connectivity index is 1.62. The van der Waals surface area contributed by atoms with Crippen molar-refractivity contribution in [1.82, 2.24) is 15.2 Å². The number of hydrogen-bond donors (Lipinski definition) is 2. The third-order valence-electron chi connectivity index (χ3n) is 5.46. The maximum Gasteiger partial charge on any atom is 0.340 e. The normalized spacial score (nSPS) is 16.4. The van der Waals surface area contributed by atoms with Crippen molar-refractivity contribution in [2.24, 2.45) is 5.92 Å². The van der Waals surface area contributed by atoms with Gasteiger partial charge in [0.05, 0.1) is 24.4 Å². The third-order valence-corrected chi connectivity index (χ3v) is 5.46. The van der Waals surface area contributed by atoms with E-state index in [0.29, 0.717) is 48.6 Å². The number of esters is 1. The van der Waals surface area contributed by atoms with Gasteiger partial charge in [0, 0.05) is 31.7 Å². The van der Waals surface area contributed by atoms with E-state index in [9.17, 15) is 14.4 Å². The van der Waals surface area contributed by atoms with E-state index >= 15 is 0 Å². The number of aromatic amines is 1. The fourth-order valence-corrected chi connectivity index (χ4v) is 3.92. The van der Waals surface area contributed by atoms with Crippen molar-refractivity contribution in [2.45, 2.75) is 40.0 Å². The molecule has 1 saturated heterocycles. The van der Waals surface area contributed by atoms with Crippen molar-refractivity contribution >= 4 is 17.8 Å². The van der Waals surface area contributed by atoms with E-state index in [1.54, 1.807) is 31.9 Å². The van der Waals surface area contributed by atoms with Crippen LogP contribution in [0.5, 0.6) is 0 Å².